The van der Waals surface area contributed by atoms with Crippen molar-refractivity contribution in [2.45, 2.75) is 32.6 Å². The van der Waals surface area contributed by atoms with E-state index in [1.54, 1.807) is 6.92 Å². The van der Waals surface area contributed by atoms with Crippen molar-refractivity contribution in [2.75, 3.05) is 13.1 Å². The highest BCUT2D eigenvalue weighted by Crippen LogP contribution is 2.29. The van der Waals surface area contributed by atoms with Gasteiger partial charge in [0.05, 0.1) is 5.92 Å². The minimum Gasteiger partial charge on any atom is -0.481 e. The average molecular weight is 242 g/mol. The predicted molar refractivity (Wildman–Crippen MR) is 64.3 cm³/mol. The first-order valence-corrected chi connectivity index (χ1v) is 6.26. The molecule has 5 heteroatoms. The lowest BCUT2D eigenvalue weighted by Crippen LogP contribution is -2.40. The predicted octanol–water partition coefficient (Wildman–Crippen LogP) is 0.588. The van der Waals surface area contributed by atoms with Crippen LogP contribution in [0.25, 0.3) is 0 Å². The first-order chi connectivity index (χ1) is 8.06. The molecule has 0 aromatic carbocycles. The first kappa shape index (κ1) is 14.0. The van der Waals surface area contributed by atoms with Crippen molar-refractivity contribution in [1.29, 1.82) is 0 Å². The van der Waals surface area contributed by atoms with E-state index in [-0.39, 0.29) is 23.7 Å². The number of rotatable bonds is 5. The summed E-state index contributed by atoms with van der Waals surface area (Å²) in [6.45, 7) is 2.55. The van der Waals surface area contributed by atoms with E-state index in [4.69, 9.17) is 10.8 Å². The number of carbonyl (C=O) groups is 2. The highest BCUT2D eigenvalue weighted by atomic mass is 16.4. The maximum Gasteiger partial charge on any atom is 0.306 e. The molecule has 4 N–H and O–H groups in total. The van der Waals surface area contributed by atoms with Crippen LogP contribution in [0.3, 0.4) is 0 Å². The van der Waals surface area contributed by atoms with Gasteiger partial charge in [0.1, 0.15) is 0 Å². The third-order valence-electron chi connectivity index (χ3n) is 3.57. The molecule has 0 bridgehead atoms. The first-order valence-electron chi connectivity index (χ1n) is 6.26. The summed E-state index contributed by atoms with van der Waals surface area (Å²) >= 11 is 0. The number of hydrogen-bond donors (Lipinski definition) is 3. The second-order valence-corrected chi connectivity index (χ2v) is 4.87. The summed E-state index contributed by atoms with van der Waals surface area (Å²) in [7, 11) is 0. The second-order valence-electron chi connectivity index (χ2n) is 4.87. The van der Waals surface area contributed by atoms with Crippen molar-refractivity contribution in [3.05, 3.63) is 0 Å². The van der Waals surface area contributed by atoms with Gasteiger partial charge in [0, 0.05) is 19.0 Å². The maximum atomic E-state index is 11.6. The van der Waals surface area contributed by atoms with Gasteiger partial charge >= 0.3 is 5.97 Å². The molecular formula is C12H22N2O3. The molecule has 0 aromatic heterocycles. The molecule has 0 aliphatic heterocycles. The zero-order valence-corrected chi connectivity index (χ0v) is 10.3. The largest absolute Gasteiger partial charge is 0.481 e. The van der Waals surface area contributed by atoms with Gasteiger partial charge in [-0.2, -0.15) is 0 Å². The number of carboxylic acid groups (broad SMARTS) is 1. The van der Waals surface area contributed by atoms with Gasteiger partial charge in [-0.3, -0.25) is 9.59 Å². The Labute approximate surface area is 102 Å². The third kappa shape index (κ3) is 4.00. The molecule has 0 spiro atoms. The van der Waals surface area contributed by atoms with E-state index >= 15 is 0 Å². The number of aliphatic carboxylic acids is 1. The third-order valence-corrected chi connectivity index (χ3v) is 3.57. The normalized spacial score (nSPS) is 26.2. The molecule has 1 aliphatic rings. The summed E-state index contributed by atoms with van der Waals surface area (Å²) in [5, 5.41) is 11.9. The Balaban J connectivity index is 2.43. The summed E-state index contributed by atoms with van der Waals surface area (Å²) in [5.41, 5.74) is 5.40. The summed E-state index contributed by atoms with van der Waals surface area (Å²) < 4.78 is 0. The minimum atomic E-state index is -0.740. The summed E-state index contributed by atoms with van der Waals surface area (Å²) in [6, 6.07) is 0. The van der Waals surface area contributed by atoms with Crippen LogP contribution in [0.4, 0.5) is 0 Å². The van der Waals surface area contributed by atoms with Crippen molar-refractivity contribution >= 4 is 11.9 Å². The lowest BCUT2D eigenvalue weighted by Gasteiger charge is -2.28. The minimum absolute atomic E-state index is 0.0650. The Kier molecular flexibility index (Phi) is 5.41. The monoisotopic (exact) mass is 242 g/mol. The summed E-state index contributed by atoms with van der Waals surface area (Å²) in [6.07, 6.45) is 3.63. The lowest BCUT2D eigenvalue weighted by molar-refractivity contribution is -0.145. The van der Waals surface area contributed by atoms with Crippen LogP contribution in [-0.4, -0.2) is 30.1 Å². The topological polar surface area (TPSA) is 92.4 Å². The van der Waals surface area contributed by atoms with Gasteiger partial charge in [-0.05, 0) is 18.8 Å². The van der Waals surface area contributed by atoms with E-state index in [1.165, 1.54) is 0 Å². The molecule has 3 atom stereocenters. The lowest BCUT2D eigenvalue weighted by atomic mass is 9.79. The van der Waals surface area contributed by atoms with E-state index in [0.29, 0.717) is 13.1 Å². The number of carbonyl (C=O) groups excluding carboxylic acids is 1. The van der Waals surface area contributed by atoms with Gasteiger partial charge in [-0.1, -0.05) is 19.8 Å². The van der Waals surface area contributed by atoms with Crippen molar-refractivity contribution in [3.63, 3.8) is 0 Å². The quantitative estimate of drug-likeness (QED) is 0.658. The molecule has 0 radical (unpaired) electrons. The molecule has 1 rings (SSSR count). The fraction of sp³-hybridized carbons (Fsp3) is 0.833. The van der Waals surface area contributed by atoms with Crippen LogP contribution in [0.5, 0.6) is 0 Å². The standard InChI is InChI=1S/C12H22N2O3/c1-8(6-13)11(15)14-7-9-4-2-3-5-10(9)12(16)17/h8-10H,2-7,13H2,1H3,(H,14,15)(H,16,17). The van der Waals surface area contributed by atoms with Gasteiger partial charge in [0.2, 0.25) is 5.91 Å². The van der Waals surface area contributed by atoms with Crippen molar-refractivity contribution in [3.8, 4) is 0 Å². The zero-order chi connectivity index (χ0) is 12.8. The van der Waals surface area contributed by atoms with Crippen LogP contribution in [0.1, 0.15) is 32.6 Å². The van der Waals surface area contributed by atoms with Gasteiger partial charge in [0.25, 0.3) is 0 Å². The number of nitrogens with one attached hydrogen (secondary N) is 1. The second kappa shape index (κ2) is 6.59. The summed E-state index contributed by atoms with van der Waals surface area (Å²) in [5.74, 6) is -1.27. The maximum absolute atomic E-state index is 11.6. The van der Waals surface area contributed by atoms with Crippen molar-refractivity contribution in [1.82, 2.24) is 5.32 Å². The molecule has 0 heterocycles. The molecule has 1 saturated carbocycles. The van der Waals surface area contributed by atoms with Crippen LogP contribution in [0, 0.1) is 17.8 Å². The molecule has 17 heavy (non-hydrogen) atoms. The SMILES string of the molecule is CC(CN)C(=O)NCC1CCCCC1C(=O)O. The van der Waals surface area contributed by atoms with E-state index in [9.17, 15) is 9.59 Å². The Bertz CT molecular complexity index is 281. The average Bonchev–Trinajstić information content (AvgIpc) is 2.35. The van der Waals surface area contributed by atoms with Crippen LogP contribution in [0.15, 0.2) is 0 Å². The molecule has 0 aromatic rings. The van der Waals surface area contributed by atoms with Gasteiger partial charge in [0.15, 0.2) is 0 Å². The van der Waals surface area contributed by atoms with E-state index in [2.05, 4.69) is 5.32 Å². The zero-order valence-electron chi connectivity index (χ0n) is 10.3. The molecule has 3 unspecified atom stereocenters. The highest BCUT2D eigenvalue weighted by molar-refractivity contribution is 5.78. The fourth-order valence-corrected chi connectivity index (χ4v) is 2.29. The summed E-state index contributed by atoms with van der Waals surface area (Å²) in [4.78, 5) is 22.6. The highest BCUT2D eigenvalue weighted by Gasteiger charge is 2.30. The van der Waals surface area contributed by atoms with Crippen LogP contribution in [-0.2, 0) is 9.59 Å². The molecule has 1 amide bonds. The number of carboxylic acids is 1. The molecule has 0 saturated heterocycles. The van der Waals surface area contributed by atoms with Crippen LogP contribution in [0.2, 0.25) is 0 Å². The van der Waals surface area contributed by atoms with Crippen LogP contribution >= 0.6 is 0 Å². The van der Waals surface area contributed by atoms with Crippen molar-refractivity contribution < 1.29 is 14.7 Å². The Morgan fingerprint density at radius 3 is 2.65 bits per heavy atom. The fourth-order valence-electron chi connectivity index (χ4n) is 2.29. The molecule has 98 valence electrons. The van der Waals surface area contributed by atoms with E-state index in [1.807, 2.05) is 0 Å². The Morgan fingerprint density at radius 1 is 1.41 bits per heavy atom. The molecule has 5 nitrogen and oxygen atoms in total. The van der Waals surface area contributed by atoms with Gasteiger partial charge < -0.3 is 16.2 Å². The number of nitrogens with two attached hydrogens (primary N) is 1. The number of hydrogen-bond acceptors (Lipinski definition) is 3. The van der Waals surface area contributed by atoms with Gasteiger partial charge in [-0.15, -0.1) is 0 Å². The number of amides is 1. The molecule has 1 aliphatic carbocycles. The van der Waals surface area contributed by atoms with E-state index in [0.717, 1.165) is 25.7 Å². The van der Waals surface area contributed by atoms with Crippen molar-refractivity contribution in [2.24, 2.45) is 23.5 Å². The molecular weight excluding hydrogens is 220 g/mol. The van der Waals surface area contributed by atoms with Crippen LogP contribution < -0.4 is 11.1 Å². The van der Waals surface area contributed by atoms with E-state index < -0.39 is 5.97 Å². The smallest absolute Gasteiger partial charge is 0.306 e. The Morgan fingerprint density at radius 2 is 2.06 bits per heavy atom. The van der Waals surface area contributed by atoms with Gasteiger partial charge in [-0.25, -0.2) is 0 Å². The Hall–Kier alpha value is -1.10. The molecule has 1 fully saturated rings.